The van der Waals surface area contributed by atoms with Crippen LogP contribution < -0.4 is 5.73 Å². The van der Waals surface area contributed by atoms with E-state index in [1.165, 1.54) is 5.56 Å². The molecule has 18 heavy (non-hydrogen) atoms. The molecule has 6 heteroatoms. The van der Waals surface area contributed by atoms with Gasteiger partial charge in [-0.2, -0.15) is 0 Å². The van der Waals surface area contributed by atoms with Crippen LogP contribution in [-0.4, -0.2) is 19.9 Å². The highest BCUT2D eigenvalue weighted by atomic mass is 32.2. The first-order valence-corrected chi connectivity index (χ1v) is 6.63. The molecule has 0 aliphatic carbocycles. The first-order valence-electron chi connectivity index (χ1n) is 5.64. The van der Waals surface area contributed by atoms with Crippen LogP contribution in [0.25, 0.3) is 0 Å². The van der Waals surface area contributed by atoms with E-state index < -0.39 is 0 Å². The van der Waals surface area contributed by atoms with E-state index in [0.717, 1.165) is 22.3 Å². The molecule has 1 aromatic heterocycles. The predicted molar refractivity (Wildman–Crippen MR) is 70.8 cm³/mol. The van der Waals surface area contributed by atoms with E-state index in [0.29, 0.717) is 6.54 Å². The highest BCUT2D eigenvalue weighted by Gasteiger charge is 2.07. The van der Waals surface area contributed by atoms with Crippen LogP contribution in [0.5, 0.6) is 0 Å². The molecule has 0 aliphatic heterocycles. The summed E-state index contributed by atoms with van der Waals surface area (Å²) in [7, 11) is 1.92. The Bertz CT molecular complexity index is 509. The number of benzene rings is 1. The van der Waals surface area contributed by atoms with Gasteiger partial charge in [0.15, 0.2) is 5.16 Å². The average Bonchev–Trinajstić information content (AvgIpc) is 2.77. The molecular formula is C12H16N4OS. The molecule has 0 saturated carbocycles. The van der Waals surface area contributed by atoms with Crippen molar-refractivity contribution in [3.05, 3.63) is 41.2 Å². The van der Waals surface area contributed by atoms with E-state index in [1.807, 2.05) is 35.9 Å². The Morgan fingerprint density at radius 3 is 2.44 bits per heavy atom. The van der Waals surface area contributed by atoms with Gasteiger partial charge >= 0.3 is 0 Å². The second-order valence-corrected chi connectivity index (χ2v) is 4.87. The van der Waals surface area contributed by atoms with Crippen molar-refractivity contribution in [1.82, 2.24) is 14.8 Å². The topological polar surface area (TPSA) is 77.0 Å². The van der Waals surface area contributed by atoms with Crippen LogP contribution in [0.1, 0.15) is 17.0 Å². The van der Waals surface area contributed by atoms with Gasteiger partial charge in [0.05, 0.1) is 13.2 Å². The van der Waals surface area contributed by atoms with Crippen molar-refractivity contribution in [2.75, 3.05) is 0 Å². The average molecular weight is 264 g/mol. The molecule has 0 bridgehead atoms. The van der Waals surface area contributed by atoms with Crippen molar-refractivity contribution in [3.8, 4) is 0 Å². The first-order chi connectivity index (χ1) is 8.74. The molecule has 5 nitrogen and oxygen atoms in total. The quantitative estimate of drug-likeness (QED) is 0.790. The van der Waals surface area contributed by atoms with Crippen LogP contribution >= 0.6 is 11.8 Å². The smallest absolute Gasteiger partial charge is 0.191 e. The summed E-state index contributed by atoms with van der Waals surface area (Å²) in [4.78, 5) is 0. The lowest BCUT2D eigenvalue weighted by molar-refractivity contribution is 0.282. The summed E-state index contributed by atoms with van der Waals surface area (Å²) in [6.07, 6.45) is 0. The fourth-order valence-electron chi connectivity index (χ4n) is 1.54. The lowest BCUT2D eigenvalue weighted by Gasteiger charge is -2.03. The SMILES string of the molecule is Cn1c(CN)nnc1SCc1ccc(CO)cc1. The van der Waals surface area contributed by atoms with Gasteiger partial charge in [-0.1, -0.05) is 36.0 Å². The zero-order valence-corrected chi connectivity index (χ0v) is 11.0. The number of aliphatic hydroxyl groups excluding tert-OH is 1. The molecule has 0 unspecified atom stereocenters. The maximum Gasteiger partial charge on any atom is 0.191 e. The summed E-state index contributed by atoms with van der Waals surface area (Å²) < 4.78 is 1.91. The summed E-state index contributed by atoms with van der Waals surface area (Å²) in [6.45, 7) is 0.478. The maximum absolute atomic E-state index is 8.96. The standard InChI is InChI=1S/C12H16N4OS/c1-16-11(6-13)14-15-12(16)18-8-10-4-2-9(7-17)3-5-10/h2-5,17H,6-8,13H2,1H3. The normalized spacial score (nSPS) is 10.8. The van der Waals surface area contributed by atoms with Crippen molar-refractivity contribution in [1.29, 1.82) is 0 Å². The van der Waals surface area contributed by atoms with E-state index >= 15 is 0 Å². The second kappa shape index (κ2) is 5.99. The second-order valence-electron chi connectivity index (χ2n) is 3.93. The Labute approximate surface area is 110 Å². The number of nitrogens with zero attached hydrogens (tertiary/aromatic N) is 3. The molecule has 0 fully saturated rings. The molecule has 1 heterocycles. The van der Waals surface area contributed by atoms with E-state index in [1.54, 1.807) is 11.8 Å². The van der Waals surface area contributed by atoms with Crippen LogP contribution in [0.2, 0.25) is 0 Å². The number of nitrogens with two attached hydrogens (primary N) is 1. The Balaban J connectivity index is 1.99. The summed E-state index contributed by atoms with van der Waals surface area (Å²) in [6, 6.07) is 7.88. The largest absolute Gasteiger partial charge is 0.392 e. The van der Waals surface area contributed by atoms with Crippen LogP contribution in [0.15, 0.2) is 29.4 Å². The van der Waals surface area contributed by atoms with Crippen LogP contribution in [0.3, 0.4) is 0 Å². The van der Waals surface area contributed by atoms with E-state index in [4.69, 9.17) is 10.8 Å². The molecular weight excluding hydrogens is 248 g/mol. The number of rotatable bonds is 5. The Morgan fingerprint density at radius 2 is 1.89 bits per heavy atom. The molecule has 0 radical (unpaired) electrons. The first kappa shape index (κ1) is 13.1. The molecule has 0 atom stereocenters. The number of hydrogen-bond acceptors (Lipinski definition) is 5. The number of aliphatic hydroxyl groups is 1. The minimum absolute atomic E-state index is 0.0799. The Kier molecular flexibility index (Phi) is 4.35. The highest BCUT2D eigenvalue weighted by molar-refractivity contribution is 7.98. The van der Waals surface area contributed by atoms with Gasteiger partial charge in [0.1, 0.15) is 5.82 Å². The van der Waals surface area contributed by atoms with Gasteiger partial charge in [0.25, 0.3) is 0 Å². The Hall–Kier alpha value is -1.37. The molecule has 0 amide bonds. The van der Waals surface area contributed by atoms with Gasteiger partial charge in [0, 0.05) is 12.8 Å². The third-order valence-corrected chi connectivity index (χ3v) is 3.77. The Morgan fingerprint density at radius 1 is 1.22 bits per heavy atom. The number of hydrogen-bond donors (Lipinski definition) is 2. The van der Waals surface area contributed by atoms with E-state index in [2.05, 4.69) is 10.2 Å². The summed E-state index contributed by atoms with van der Waals surface area (Å²) in [5.41, 5.74) is 7.66. The summed E-state index contributed by atoms with van der Waals surface area (Å²) in [5.74, 6) is 1.61. The van der Waals surface area contributed by atoms with Crippen molar-refractivity contribution < 1.29 is 5.11 Å². The van der Waals surface area contributed by atoms with E-state index in [9.17, 15) is 0 Å². The van der Waals surface area contributed by atoms with E-state index in [-0.39, 0.29) is 6.61 Å². The minimum Gasteiger partial charge on any atom is -0.392 e. The molecule has 1 aromatic carbocycles. The third-order valence-electron chi connectivity index (χ3n) is 2.68. The van der Waals surface area contributed by atoms with Gasteiger partial charge in [-0.25, -0.2) is 0 Å². The predicted octanol–water partition coefficient (Wildman–Crippen LogP) is 1.06. The van der Waals surface area contributed by atoms with Crippen LogP contribution in [-0.2, 0) is 26.0 Å². The summed E-state index contributed by atoms with van der Waals surface area (Å²) >= 11 is 1.62. The lowest BCUT2D eigenvalue weighted by atomic mass is 10.2. The monoisotopic (exact) mass is 264 g/mol. The lowest BCUT2D eigenvalue weighted by Crippen LogP contribution is -2.05. The van der Waals surface area contributed by atoms with Gasteiger partial charge in [-0.15, -0.1) is 10.2 Å². The fourth-order valence-corrected chi connectivity index (χ4v) is 2.42. The van der Waals surface area contributed by atoms with Crippen molar-refractivity contribution >= 4 is 11.8 Å². The van der Waals surface area contributed by atoms with Gasteiger partial charge in [-0.3, -0.25) is 0 Å². The fraction of sp³-hybridized carbons (Fsp3) is 0.333. The van der Waals surface area contributed by atoms with Gasteiger partial charge < -0.3 is 15.4 Å². The molecule has 96 valence electrons. The zero-order valence-electron chi connectivity index (χ0n) is 10.2. The van der Waals surface area contributed by atoms with Crippen LogP contribution in [0.4, 0.5) is 0 Å². The number of aromatic nitrogens is 3. The summed E-state index contributed by atoms with van der Waals surface area (Å²) in [5, 5.41) is 17.9. The van der Waals surface area contributed by atoms with Crippen molar-refractivity contribution in [3.63, 3.8) is 0 Å². The number of thioether (sulfide) groups is 1. The van der Waals surface area contributed by atoms with Crippen molar-refractivity contribution in [2.24, 2.45) is 12.8 Å². The van der Waals surface area contributed by atoms with Crippen molar-refractivity contribution in [2.45, 2.75) is 24.1 Å². The minimum atomic E-state index is 0.0799. The maximum atomic E-state index is 8.96. The van der Waals surface area contributed by atoms with Gasteiger partial charge in [0.2, 0.25) is 0 Å². The zero-order chi connectivity index (χ0) is 13.0. The molecule has 3 N–H and O–H groups in total. The molecule has 2 aromatic rings. The molecule has 0 spiro atoms. The van der Waals surface area contributed by atoms with Gasteiger partial charge in [-0.05, 0) is 11.1 Å². The molecule has 0 saturated heterocycles. The third kappa shape index (κ3) is 2.90. The highest BCUT2D eigenvalue weighted by Crippen LogP contribution is 2.21. The van der Waals surface area contributed by atoms with Crippen LogP contribution in [0, 0.1) is 0 Å². The molecule has 0 aliphatic rings. The molecule has 2 rings (SSSR count).